The molecule has 22 heavy (non-hydrogen) atoms. The molecule has 0 fully saturated rings. The zero-order valence-corrected chi connectivity index (χ0v) is 12.8. The lowest BCUT2D eigenvalue weighted by molar-refractivity contribution is 0.225. The fourth-order valence-corrected chi connectivity index (χ4v) is 2.44. The van der Waals surface area contributed by atoms with Crippen LogP contribution in [-0.2, 0) is 11.2 Å². The van der Waals surface area contributed by atoms with Gasteiger partial charge >= 0.3 is 0 Å². The second kappa shape index (κ2) is 6.52. The third kappa shape index (κ3) is 3.22. The Hall–Kier alpha value is -2.49. The van der Waals surface area contributed by atoms with E-state index in [1.165, 1.54) is 5.56 Å². The quantitative estimate of drug-likeness (QED) is 0.851. The molecule has 1 aliphatic rings. The van der Waals surface area contributed by atoms with Gasteiger partial charge in [0.15, 0.2) is 0 Å². The highest BCUT2D eigenvalue weighted by Crippen LogP contribution is 2.19. The molecule has 2 aromatic carbocycles. The Bertz CT molecular complexity index is 647. The first-order chi connectivity index (χ1) is 10.8. The van der Waals surface area contributed by atoms with Crippen LogP contribution in [0.25, 0.3) is 0 Å². The number of rotatable bonds is 5. The lowest BCUT2D eigenvalue weighted by atomic mass is 10.1. The maximum Gasteiger partial charge on any atom is 0.216 e. The summed E-state index contributed by atoms with van der Waals surface area (Å²) in [6, 6.07) is 15.8. The molecule has 114 valence electrons. The average molecular weight is 297 g/mol. The van der Waals surface area contributed by atoms with Crippen LogP contribution in [-0.4, -0.2) is 32.8 Å². The van der Waals surface area contributed by atoms with E-state index in [1.807, 2.05) is 36.4 Å². The summed E-state index contributed by atoms with van der Waals surface area (Å²) in [6.07, 6.45) is 0.929. The molecule has 4 heteroatoms. The van der Waals surface area contributed by atoms with Crippen molar-refractivity contribution in [3.63, 3.8) is 0 Å². The van der Waals surface area contributed by atoms with Crippen LogP contribution in [0, 0.1) is 0 Å². The number of methoxy groups -OCH3 is 2. The lowest BCUT2D eigenvalue weighted by Crippen LogP contribution is -2.16. The predicted octanol–water partition coefficient (Wildman–Crippen LogP) is 3.09. The molecule has 4 nitrogen and oxygen atoms in total. The fourth-order valence-electron chi connectivity index (χ4n) is 2.44. The van der Waals surface area contributed by atoms with Crippen molar-refractivity contribution in [1.82, 2.24) is 0 Å². The highest BCUT2D eigenvalue weighted by Gasteiger charge is 2.21. The Balaban J connectivity index is 1.60. The van der Waals surface area contributed by atoms with Crippen molar-refractivity contribution in [3.8, 4) is 11.5 Å². The summed E-state index contributed by atoms with van der Waals surface area (Å²) in [5, 5.41) is 0. The van der Waals surface area contributed by atoms with E-state index in [0.29, 0.717) is 12.4 Å². The van der Waals surface area contributed by atoms with Crippen molar-refractivity contribution in [2.24, 2.45) is 4.99 Å². The maximum atomic E-state index is 5.96. The van der Waals surface area contributed by atoms with Gasteiger partial charge in [0.25, 0.3) is 0 Å². The monoisotopic (exact) mass is 297 g/mol. The van der Waals surface area contributed by atoms with E-state index in [9.17, 15) is 0 Å². The van der Waals surface area contributed by atoms with Crippen LogP contribution < -0.4 is 9.47 Å². The third-order valence-electron chi connectivity index (χ3n) is 3.68. The molecule has 1 heterocycles. The zero-order chi connectivity index (χ0) is 15.4. The SMILES string of the molecule is COc1ccc(CC2CN=C(c3ccc(OC)cc3)O2)cc1. The van der Waals surface area contributed by atoms with Crippen LogP contribution in [0.2, 0.25) is 0 Å². The second-order valence-electron chi connectivity index (χ2n) is 5.17. The van der Waals surface area contributed by atoms with Gasteiger partial charge in [-0.25, -0.2) is 4.99 Å². The van der Waals surface area contributed by atoms with Crippen LogP contribution in [0.3, 0.4) is 0 Å². The van der Waals surface area contributed by atoms with Gasteiger partial charge in [0.2, 0.25) is 5.90 Å². The summed E-state index contributed by atoms with van der Waals surface area (Å²) in [6.45, 7) is 0.688. The summed E-state index contributed by atoms with van der Waals surface area (Å²) in [7, 11) is 3.33. The summed E-state index contributed by atoms with van der Waals surface area (Å²) in [4.78, 5) is 4.50. The van der Waals surface area contributed by atoms with Crippen LogP contribution in [0.4, 0.5) is 0 Å². The molecule has 1 aliphatic heterocycles. The van der Waals surface area contributed by atoms with Crippen molar-refractivity contribution in [2.75, 3.05) is 20.8 Å². The molecule has 0 spiro atoms. The van der Waals surface area contributed by atoms with Gasteiger partial charge in [-0.2, -0.15) is 0 Å². The molecule has 3 rings (SSSR count). The number of hydrogen-bond donors (Lipinski definition) is 0. The molecule has 1 unspecified atom stereocenters. The lowest BCUT2D eigenvalue weighted by Gasteiger charge is -2.12. The topological polar surface area (TPSA) is 40.0 Å². The van der Waals surface area contributed by atoms with Gasteiger partial charge in [-0.3, -0.25) is 0 Å². The van der Waals surface area contributed by atoms with Crippen LogP contribution >= 0.6 is 0 Å². The number of benzene rings is 2. The summed E-state index contributed by atoms with van der Waals surface area (Å²) >= 11 is 0. The number of ether oxygens (including phenoxy) is 3. The van der Waals surface area contributed by atoms with E-state index in [-0.39, 0.29) is 6.10 Å². The molecule has 0 N–H and O–H groups in total. The normalized spacial score (nSPS) is 16.8. The first kappa shape index (κ1) is 14.4. The van der Waals surface area contributed by atoms with Crippen LogP contribution in [0.15, 0.2) is 53.5 Å². The molecule has 1 atom stereocenters. The molecule has 0 radical (unpaired) electrons. The van der Waals surface area contributed by atoms with Crippen LogP contribution in [0.5, 0.6) is 11.5 Å². The first-order valence-electron chi connectivity index (χ1n) is 7.27. The molecule has 0 bridgehead atoms. The van der Waals surface area contributed by atoms with Crippen molar-refractivity contribution < 1.29 is 14.2 Å². The van der Waals surface area contributed by atoms with Crippen molar-refractivity contribution in [3.05, 3.63) is 59.7 Å². The Morgan fingerprint density at radius 1 is 0.955 bits per heavy atom. The largest absolute Gasteiger partial charge is 0.497 e. The van der Waals surface area contributed by atoms with Gasteiger partial charge in [-0.1, -0.05) is 12.1 Å². The minimum atomic E-state index is 0.0884. The van der Waals surface area contributed by atoms with Crippen molar-refractivity contribution in [1.29, 1.82) is 0 Å². The summed E-state index contributed by atoms with van der Waals surface area (Å²) < 4.78 is 16.3. The van der Waals surface area contributed by atoms with Crippen LogP contribution in [0.1, 0.15) is 11.1 Å². The number of aliphatic imine (C=N–C) groups is 1. The minimum absolute atomic E-state index is 0.0884. The molecule has 0 saturated heterocycles. The van der Waals surface area contributed by atoms with Crippen molar-refractivity contribution >= 4 is 5.90 Å². The second-order valence-corrected chi connectivity index (χ2v) is 5.17. The minimum Gasteiger partial charge on any atom is -0.497 e. The van der Waals surface area contributed by atoms with E-state index >= 15 is 0 Å². The number of nitrogens with zero attached hydrogens (tertiary/aromatic N) is 1. The van der Waals surface area contributed by atoms with E-state index in [1.54, 1.807) is 14.2 Å². The molecule has 2 aromatic rings. The molecular formula is C18H19NO3. The first-order valence-corrected chi connectivity index (χ1v) is 7.27. The van der Waals surface area contributed by atoms with Gasteiger partial charge < -0.3 is 14.2 Å². The zero-order valence-electron chi connectivity index (χ0n) is 12.8. The van der Waals surface area contributed by atoms with E-state index in [2.05, 4.69) is 17.1 Å². The summed E-state index contributed by atoms with van der Waals surface area (Å²) in [5.41, 5.74) is 2.20. The van der Waals surface area contributed by atoms with Gasteiger partial charge in [-0.15, -0.1) is 0 Å². The highest BCUT2D eigenvalue weighted by molar-refractivity contribution is 5.95. The fraction of sp³-hybridized carbons (Fsp3) is 0.278. The smallest absolute Gasteiger partial charge is 0.216 e. The number of hydrogen-bond acceptors (Lipinski definition) is 4. The maximum absolute atomic E-state index is 5.96. The molecule has 0 aliphatic carbocycles. The highest BCUT2D eigenvalue weighted by atomic mass is 16.5. The third-order valence-corrected chi connectivity index (χ3v) is 3.68. The van der Waals surface area contributed by atoms with E-state index < -0.39 is 0 Å². The standard InChI is InChI=1S/C18H19NO3/c1-20-15-7-3-13(4-8-15)11-17-12-19-18(22-17)14-5-9-16(21-2)10-6-14/h3-10,17H,11-12H2,1-2H3. The Morgan fingerprint density at radius 3 is 2.14 bits per heavy atom. The Morgan fingerprint density at radius 2 is 1.55 bits per heavy atom. The Kier molecular flexibility index (Phi) is 4.28. The van der Waals surface area contributed by atoms with Gasteiger partial charge in [-0.05, 0) is 42.0 Å². The van der Waals surface area contributed by atoms with Crippen molar-refractivity contribution in [2.45, 2.75) is 12.5 Å². The summed E-state index contributed by atoms with van der Waals surface area (Å²) in [5.74, 6) is 2.41. The predicted molar refractivity (Wildman–Crippen MR) is 86.0 cm³/mol. The van der Waals surface area contributed by atoms with Gasteiger partial charge in [0, 0.05) is 12.0 Å². The van der Waals surface area contributed by atoms with Gasteiger partial charge in [0.1, 0.15) is 17.6 Å². The van der Waals surface area contributed by atoms with Gasteiger partial charge in [0.05, 0.1) is 20.8 Å². The molecule has 0 saturated carbocycles. The molecule has 0 aromatic heterocycles. The molecule has 0 amide bonds. The average Bonchev–Trinajstić information content (AvgIpc) is 3.04. The van der Waals surface area contributed by atoms with E-state index in [4.69, 9.17) is 14.2 Å². The Labute approximate surface area is 130 Å². The van der Waals surface area contributed by atoms with E-state index in [0.717, 1.165) is 23.5 Å². The molecular weight excluding hydrogens is 278 g/mol.